The quantitative estimate of drug-likeness (QED) is 0.530. The lowest BCUT2D eigenvalue weighted by Gasteiger charge is -2.31. The SMILES string of the molecule is CC(C)OC1(O[Si](C)(C)C)CC1(C)C. The van der Waals surface area contributed by atoms with Crippen molar-refractivity contribution in [1.29, 1.82) is 0 Å². The minimum atomic E-state index is -1.51. The van der Waals surface area contributed by atoms with Crippen LogP contribution in [-0.4, -0.2) is 20.2 Å². The molecule has 0 heterocycles. The van der Waals surface area contributed by atoms with Crippen molar-refractivity contribution in [3.05, 3.63) is 0 Å². The molecular weight excluding hydrogens is 192 g/mol. The molecule has 1 aliphatic rings. The van der Waals surface area contributed by atoms with E-state index in [2.05, 4.69) is 47.3 Å². The molecule has 0 bridgehead atoms. The largest absolute Gasteiger partial charge is 0.390 e. The smallest absolute Gasteiger partial charge is 0.187 e. The van der Waals surface area contributed by atoms with Crippen LogP contribution in [-0.2, 0) is 9.16 Å². The van der Waals surface area contributed by atoms with Gasteiger partial charge in [0.15, 0.2) is 14.1 Å². The summed E-state index contributed by atoms with van der Waals surface area (Å²) in [5, 5.41) is 0. The molecule has 0 aromatic rings. The van der Waals surface area contributed by atoms with Gasteiger partial charge in [-0.25, -0.2) is 0 Å². The molecule has 2 nitrogen and oxygen atoms in total. The lowest BCUT2D eigenvalue weighted by Crippen LogP contribution is -2.39. The zero-order valence-electron chi connectivity index (χ0n) is 10.6. The third kappa shape index (κ3) is 2.58. The Hall–Kier alpha value is 0.137. The highest BCUT2D eigenvalue weighted by molar-refractivity contribution is 6.69. The zero-order valence-corrected chi connectivity index (χ0v) is 11.6. The summed E-state index contributed by atoms with van der Waals surface area (Å²) in [5.41, 5.74) is 0.192. The molecule has 0 spiro atoms. The fourth-order valence-electron chi connectivity index (χ4n) is 1.81. The summed E-state index contributed by atoms with van der Waals surface area (Å²) >= 11 is 0. The van der Waals surface area contributed by atoms with Gasteiger partial charge in [-0.2, -0.15) is 0 Å². The van der Waals surface area contributed by atoms with Crippen LogP contribution >= 0.6 is 0 Å². The predicted octanol–water partition coefficient (Wildman–Crippen LogP) is 3.39. The van der Waals surface area contributed by atoms with E-state index in [1.807, 2.05) is 0 Å². The summed E-state index contributed by atoms with van der Waals surface area (Å²) in [6, 6.07) is 0. The Bertz CT molecular complexity index is 218. The first-order chi connectivity index (χ1) is 6.08. The Morgan fingerprint density at radius 1 is 1.14 bits per heavy atom. The van der Waals surface area contributed by atoms with E-state index in [9.17, 15) is 0 Å². The lowest BCUT2D eigenvalue weighted by atomic mass is 10.2. The van der Waals surface area contributed by atoms with E-state index < -0.39 is 8.32 Å². The van der Waals surface area contributed by atoms with Crippen LogP contribution in [0.15, 0.2) is 0 Å². The van der Waals surface area contributed by atoms with Crippen molar-refractivity contribution in [3.63, 3.8) is 0 Å². The molecule has 84 valence electrons. The van der Waals surface area contributed by atoms with Gasteiger partial charge in [-0.3, -0.25) is 0 Å². The molecule has 1 atom stereocenters. The first-order valence-electron chi connectivity index (χ1n) is 5.46. The van der Waals surface area contributed by atoms with Crippen molar-refractivity contribution in [2.75, 3.05) is 0 Å². The molecule has 0 N–H and O–H groups in total. The molecule has 0 saturated heterocycles. The fraction of sp³-hybridized carbons (Fsp3) is 1.00. The van der Waals surface area contributed by atoms with Gasteiger partial charge < -0.3 is 9.16 Å². The molecule has 0 aromatic heterocycles. The molecule has 1 saturated carbocycles. The van der Waals surface area contributed by atoms with Crippen molar-refractivity contribution >= 4 is 8.32 Å². The van der Waals surface area contributed by atoms with Gasteiger partial charge >= 0.3 is 0 Å². The van der Waals surface area contributed by atoms with Crippen LogP contribution in [0.3, 0.4) is 0 Å². The monoisotopic (exact) mass is 216 g/mol. The summed E-state index contributed by atoms with van der Waals surface area (Å²) in [6.45, 7) is 15.2. The molecule has 0 amide bonds. The maximum absolute atomic E-state index is 6.18. The number of hydrogen-bond donors (Lipinski definition) is 0. The summed E-state index contributed by atoms with van der Waals surface area (Å²) in [6.07, 6.45) is 1.27. The highest BCUT2D eigenvalue weighted by atomic mass is 28.4. The highest BCUT2D eigenvalue weighted by Crippen LogP contribution is 2.60. The third-order valence-electron chi connectivity index (χ3n) is 2.48. The van der Waals surface area contributed by atoms with Crippen molar-refractivity contribution in [2.24, 2.45) is 5.41 Å². The molecule has 14 heavy (non-hydrogen) atoms. The van der Waals surface area contributed by atoms with Crippen LogP contribution in [0.1, 0.15) is 34.1 Å². The normalized spacial score (nSPS) is 30.9. The van der Waals surface area contributed by atoms with Crippen LogP contribution in [0.5, 0.6) is 0 Å². The van der Waals surface area contributed by atoms with Gasteiger partial charge in [0.25, 0.3) is 0 Å². The minimum absolute atomic E-state index is 0.192. The Kier molecular flexibility index (Phi) is 2.90. The Morgan fingerprint density at radius 2 is 1.57 bits per heavy atom. The topological polar surface area (TPSA) is 18.5 Å². The van der Waals surface area contributed by atoms with Crippen LogP contribution in [0.4, 0.5) is 0 Å². The molecule has 1 rings (SSSR count). The first kappa shape index (κ1) is 12.2. The Balaban J connectivity index is 2.68. The highest BCUT2D eigenvalue weighted by Gasteiger charge is 2.65. The van der Waals surface area contributed by atoms with E-state index in [0.29, 0.717) is 0 Å². The minimum Gasteiger partial charge on any atom is -0.390 e. The van der Waals surface area contributed by atoms with Gasteiger partial charge in [-0.1, -0.05) is 13.8 Å². The summed E-state index contributed by atoms with van der Waals surface area (Å²) in [4.78, 5) is 0. The second-order valence-corrected chi connectivity index (χ2v) is 10.6. The summed E-state index contributed by atoms with van der Waals surface area (Å²) in [5.74, 6) is -0.286. The third-order valence-corrected chi connectivity index (χ3v) is 3.42. The molecule has 3 heteroatoms. The van der Waals surface area contributed by atoms with E-state index >= 15 is 0 Å². The maximum atomic E-state index is 6.18. The van der Waals surface area contributed by atoms with E-state index in [4.69, 9.17) is 9.16 Å². The zero-order chi connectivity index (χ0) is 11.2. The molecule has 1 unspecified atom stereocenters. The second-order valence-electron chi connectivity index (χ2n) is 6.19. The maximum Gasteiger partial charge on any atom is 0.187 e. The number of hydrogen-bond acceptors (Lipinski definition) is 2. The van der Waals surface area contributed by atoms with Gasteiger partial charge in [0, 0.05) is 11.8 Å². The average Bonchev–Trinajstić information content (AvgIpc) is 2.23. The van der Waals surface area contributed by atoms with E-state index in [1.165, 1.54) is 0 Å². The average molecular weight is 216 g/mol. The molecule has 1 fully saturated rings. The van der Waals surface area contributed by atoms with Gasteiger partial charge in [-0.15, -0.1) is 0 Å². The summed E-state index contributed by atoms with van der Waals surface area (Å²) in [7, 11) is -1.51. The van der Waals surface area contributed by atoms with Crippen LogP contribution in [0, 0.1) is 5.41 Å². The van der Waals surface area contributed by atoms with Crippen molar-refractivity contribution in [1.82, 2.24) is 0 Å². The Morgan fingerprint density at radius 3 is 1.79 bits per heavy atom. The first-order valence-corrected chi connectivity index (χ1v) is 8.87. The molecule has 0 radical (unpaired) electrons. The summed E-state index contributed by atoms with van der Waals surface area (Å²) < 4.78 is 12.1. The second kappa shape index (κ2) is 3.32. The van der Waals surface area contributed by atoms with E-state index in [-0.39, 0.29) is 17.3 Å². The van der Waals surface area contributed by atoms with Gasteiger partial charge in [-0.05, 0) is 33.5 Å². The van der Waals surface area contributed by atoms with Crippen molar-refractivity contribution in [2.45, 2.75) is 65.6 Å². The van der Waals surface area contributed by atoms with Gasteiger partial charge in [0.1, 0.15) is 0 Å². The standard InChI is InChI=1S/C11H24O2Si/c1-9(2)12-11(8-10(11,3)4)13-14(5,6)7/h9H,8H2,1-7H3. The van der Waals surface area contributed by atoms with Gasteiger partial charge in [0.05, 0.1) is 6.10 Å². The Labute approximate surface area is 89.1 Å². The van der Waals surface area contributed by atoms with Crippen molar-refractivity contribution in [3.8, 4) is 0 Å². The lowest BCUT2D eigenvalue weighted by molar-refractivity contribution is -0.158. The van der Waals surface area contributed by atoms with Crippen LogP contribution < -0.4 is 0 Å². The fourth-order valence-corrected chi connectivity index (χ4v) is 3.20. The molecule has 0 aliphatic heterocycles. The van der Waals surface area contributed by atoms with E-state index in [1.54, 1.807) is 0 Å². The molecular formula is C11H24O2Si. The predicted molar refractivity (Wildman–Crippen MR) is 61.8 cm³/mol. The molecule has 0 aromatic carbocycles. The van der Waals surface area contributed by atoms with E-state index in [0.717, 1.165) is 6.42 Å². The van der Waals surface area contributed by atoms with Crippen LogP contribution in [0.25, 0.3) is 0 Å². The van der Waals surface area contributed by atoms with Gasteiger partial charge in [0.2, 0.25) is 0 Å². The number of ether oxygens (including phenoxy) is 1. The van der Waals surface area contributed by atoms with Crippen molar-refractivity contribution < 1.29 is 9.16 Å². The molecule has 1 aliphatic carbocycles. The van der Waals surface area contributed by atoms with Crippen LogP contribution in [0.2, 0.25) is 19.6 Å². The number of rotatable bonds is 4.